The van der Waals surface area contributed by atoms with Crippen molar-refractivity contribution in [1.82, 2.24) is 4.90 Å². The van der Waals surface area contributed by atoms with Crippen LogP contribution in [0, 0.1) is 0 Å². The number of rotatable bonds is 3. The number of amides is 1. The third kappa shape index (κ3) is 3.62. The molecule has 0 bridgehead atoms. The van der Waals surface area contributed by atoms with Gasteiger partial charge in [0.05, 0.1) is 25.9 Å². The molecule has 0 aromatic heterocycles. The van der Waals surface area contributed by atoms with Gasteiger partial charge < -0.3 is 18.9 Å². The smallest absolute Gasteiger partial charge is 0.411 e. The molecule has 1 amide bonds. The fourth-order valence-corrected chi connectivity index (χ4v) is 3.25. The highest BCUT2D eigenvalue weighted by Crippen LogP contribution is 2.40. The zero-order chi connectivity index (χ0) is 18.0. The van der Waals surface area contributed by atoms with Crippen LogP contribution in [-0.2, 0) is 30.3 Å². The molecule has 2 fully saturated rings. The van der Waals surface area contributed by atoms with Crippen LogP contribution >= 0.6 is 0 Å². The Hall–Kier alpha value is -2.12. The molecule has 3 atom stereocenters. The summed E-state index contributed by atoms with van der Waals surface area (Å²) >= 11 is 0. The molecule has 0 aliphatic carbocycles. The van der Waals surface area contributed by atoms with E-state index < -0.39 is 23.9 Å². The van der Waals surface area contributed by atoms with Crippen molar-refractivity contribution in [2.45, 2.75) is 50.9 Å². The maximum absolute atomic E-state index is 12.5. The van der Waals surface area contributed by atoms with Gasteiger partial charge in [-0.15, -0.1) is 0 Å². The number of carbonyl (C=O) groups is 2. The van der Waals surface area contributed by atoms with E-state index in [0.717, 1.165) is 5.56 Å². The predicted molar refractivity (Wildman–Crippen MR) is 87.6 cm³/mol. The van der Waals surface area contributed by atoms with Crippen LogP contribution in [0.2, 0.25) is 0 Å². The van der Waals surface area contributed by atoms with Crippen LogP contribution in [-0.4, -0.2) is 54.7 Å². The Bertz CT molecular complexity index is 624. The van der Waals surface area contributed by atoms with E-state index in [1.807, 2.05) is 44.2 Å². The predicted octanol–water partition coefficient (Wildman–Crippen LogP) is 2.09. The molecule has 1 aromatic carbocycles. The van der Waals surface area contributed by atoms with Gasteiger partial charge in [0, 0.05) is 6.42 Å². The molecule has 7 heteroatoms. The highest BCUT2D eigenvalue weighted by Gasteiger charge is 2.56. The average Bonchev–Trinajstić information content (AvgIpc) is 3.12. The van der Waals surface area contributed by atoms with Crippen LogP contribution in [0.1, 0.15) is 25.8 Å². The lowest BCUT2D eigenvalue weighted by Crippen LogP contribution is -2.42. The topological polar surface area (TPSA) is 74.3 Å². The Morgan fingerprint density at radius 1 is 1.20 bits per heavy atom. The number of likely N-dealkylation sites (tertiary alicyclic amines) is 1. The van der Waals surface area contributed by atoms with Gasteiger partial charge in [0.25, 0.3) is 0 Å². The van der Waals surface area contributed by atoms with E-state index in [2.05, 4.69) is 0 Å². The number of hydrogen-bond donors (Lipinski definition) is 0. The summed E-state index contributed by atoms with van der Waals surface area (Å²) in [6, 6.07) is 8.57. The minimum atomic E-state index is -0.983. The summed E-state index contributed by atoms with van der Waals surface area (Å²) in [5.41, 5.74) is 0.870. The highest BCUT2D eigenvalue weighted by molar-refractivity contribution is 5.82. The van der Waals surface area contributed by atoms with Crippen molar-refractivity contribution in [1.29, 1.82) is 0 Å². The average molecular weight is 349 g/mol. The number of ether oxygens (including phenoxy) is 4. The Labute approximate surface area is 146 Å². The molecule has 2 heterocycles. The molecule has 25 heavy (non-hydrogen) atoms. The van der Waals surface area contributed by atoms with E-state index in [0.29, 0.717) is 0 Å². The molecule has 2 saturated heterocycles. The largest absolute Gasteiger partial charge is 0.467 e. The van der Waals surface area contributed by atoms with Gasteiger partial charge in [-0.05, 0) is 19.4 Å². The summed E-state index contributed by atoms with van der Waals surface area (Å²) in [4.78, 5) is 26.0. The molecule has 0 unspecified atom stereocenters. The molecular formula is C18H23NO6. The summed E-state index contributed by atoms with van der Waals surface area (Å²) in [5, 5.41) is 0. The maximum atomic E-state index is 12.5. The molecule has 1 aromatic rings. The van der Waals surface area contributed by atoms with Gasteiger partial charge in [-0.1, -0.05) is 30.3 Å². The zero-order valence-electron chi connectivity index (χ0n) is 14.6. The van der Waals surface area contributed by atoms with Crippen molar-refractivity contribution < 1.29 is 28.5 Å². The van der Waals surface area contributed by atoms with Crippen molar-refractivity contribution >= 4 is 12.1 Å². The number of nitrogens with zero attached hydrogens (tertiary/aromatic N) is 1. The normalized spacial score (nSPS) is 27.5. The monoisotopic (exact) mass is 349 g/mol. The number of carbonyl (C=O) groups excluding carboxylic acids is 2. The standard InChI is InChI=1S/C18H23NO6/c1-12-13(2)25-18(24-12)9-15(16(20)22-3)19(11-18)17(21)23-10-14-7-5-4-6-8-14/h4-8,12-13,15H,9-11H2,1-3H3/t12-,13-,15+/m1/s1. The lowest BCUT2D eigenvalue weighted by Gasteiger charge is -2.23. The van der Waals surface area contributed by atoms with Crippen LogP contribution < -0.4 is 0 Å². The van der Waals surface area contributed by atoms with Gasteiger partial charge in [-0.25, -0.2) is 9.59 Å². The summed E-state index contributed by atoms with van der Waals surface area (Å²) in [6.45, 7) is 4.08. The van der Waals surface area contributed by atoms with E-state index in [1.165, 1.54) is 12.0 Å². The number of hydrogen-bond acceptors (Lipinski definition) is 6. The van der Waals surface area contributed by atoms with Gasteiger partial charge in [0.15, 0.2) is 5.79 Å². The lowest BCUT2D eigenvalue weighted by molar-refractivity contribution is -0.163. The van der Waals surface area contributed by atoms with E-state index >= 15 is 0 Å². The molecule has 7 nitrogen and oxygen atoms in total. The third-order valence-corrected chi connectivity index (χ3v) is 4.67. The Morgan fingerprint density at radius 3 is 2.44 bits per heavy atom. The van der Waals surface area contributed by atoms with Crippen LogP contribution in [0.5, 0.6) is 0 Å². The minimum absolute atomic E-state index is 0.112. The quantitative estimate of drug-likeness (QED) is 0.778. The Kier molecular flexibility index (Phi) is 4.96. The third-order valence-electron chi connectivity index (χ3n) is 4.67. The van der Waals surface area contributed by atoms with Crippen LogP contribution in [0.3, 0.4) is 0 Å². The summed E-state index contributed by atoms with van der Waals surface area (Å²) in [7, 11) is 1.29. The van der Waals surface area contributed by atoms with Gasteiger partial charge >= 0.3 is 12.1 Å². The molecular weight excluding hydrogens is 326 g/mol. The molecule has 3 rings (SSSR count). The summed E-state index contributed by atoms with van der Waals surface area (Å²) < 4.78 is 22.0. The van der Waals surface area contributed by atoms with E-state index in [1.54, 1.807) is 0 Å². The molecule has 0 saturated carbocycles. The van der Waals surface area contributed by atoms with Crippen molar-refractivity contribution in [3.8, 4) is 0 Å². The highest BCUT2D eigenvalue weighted by atomic mass is 16.8. The Morgan fingerprint density at radius 2 is 1.84 bits per heavy atom. The Balaban J connectivity index is 1.71. The minimum Gasteiger partial charge on any atom is -0.467 e. The second kappa shape index (κ2) is 7.01. The van der Waals surface area contributed by atoms with Gasteiger partial charge in [0.1, 0.15) is 12.6 Å². The van der Waals surface area contributed by atoms with Crippen molar-refractivity contribution in [2.24, 2.45) is 0 Å². The fourth-order valence-electron chi connectivity index (χ4n) is 3.25. The van der Waals surface area contributed by atoms with Gasteiger partial charge in [-0.2, -0.15) is 0 Å². The van der Waals surface area contributed by atoms with Crippen molar-refractivity contribution in [3.63, 3.8) is 0 Å². The SMILES string of the molecule is COC(=O)[C@@H]1CC2(CN1C(=O)OCc1ccccc1)O[C@H](C)[C@@H](C)O2. The second-order valence-corrected chi connectivity index (χ2v) is 6.47. The van der Waals surface area contributed by atoms with Crippen LogP contribution in [0.15, 0.2) is 30.3 Å². The van der Waals surface area contributed by atoms with Gasteiger partial charge in [0.2, 0.25) is 0 Å². The van der Waals surface area contributed by atoms with E-state index in [-0.39, 0.29) is 31.8 Å². The van der Waals surface area contributed by atoms with E-state index in [9.17, 15) is 9.59 Å². The molecule has 0 N–H and O–H groups in total. The number of methoxy groups -OCH3 is 1. The molecule has 2 aliphatic rings. The molecule has 136 valence electrons. The lowest BCUT2D eigenvalue weighted by atomic mass is 10.1. The van der Waals surface area contributed by atoms with Crippen LogP contribution in [0.4, 0.5) is 4.79 Å². The summed E-state index contributed by atoms with van der Waals surface area (Å²) in [6.07, 6.45) is -0.581. The summed E-state index contributed by atoms with van der Waals surface area (Å²) in [5.74, 6) is -1.49. The van der Waals surface area contributed by atoms with Gasteiger partial charge in [-0.3, -0.25) is 4.90 Å². The molecule has 1 spiro atoms. The van der Waals surface area contributed by atoms with E-state index in [4.69, 9.17) is 18.9 Å². The first-order valence-corrected chi connectivity index (χ1v) is 8.35. The van der Waals surface area contributed by atoms with Crippen molar-refractivity contribution in [2.75, 3.05) is 13.7 Å². The fraction of sp³-hybridized carbons (Fsp3) is 0.556. The molecule has 0 radical (unpaired) electrons. The number of benzene rings is 1. The first kappa shape index (κ1) is 17.7. The van der Waals surface area contributed by atoms with Crippen molar-refractivity contribution in [3.05, 3.63) is 35.9 Å². The van der Waals surface area contributed by atoms with Crippen LogP contribution in [0.25, 0.3) is 0 Å². The first-order valence-electron chi connectivity index (χ1n) is 8.35. The first-order chi connectivity index (χ1) is 11.9. The zero-order valence-corrected chi connectivity index (χ0v) is 14.6. The maximum Gasteiger partial charge on any atom is 0.411 e. The molecule has 2 aliphatic heterocycles. The second-order valence-electron chi connectivity index (χ2n) is 6.47. The number of esters is 1.